The third-order valence-corrected chi connectivity index (χ3v) is 17.1. The molecule has 0 fully saturated rings. The Labute approximate surface area is 325 Å². The standard InChI is InChI=1S/C50H35N3SSi/c1-3-17-39(18-4-1)55(40-19-5-2-6-20-40,42-22-14-16-38(33-42)52-46-26-10-7-23-43(46)44-24-8-11-27-47(44)52)41-21-13-15-35(31-41)36-29-30-37-34-54-50-51-45-25-9-12-28-48(45)53(50)49(37)32-36/h1-33H,34H2. The highest BCUT2D eigenvalue weighted by Gasteiger charge is 2.42. The Bertz CT molecular complexity index is 2960. The second kappa shape index (κ2) is 12.9. The summed E-state index contributed by atoms with van der Waals surface area (Å²) in [6, 6.07) is 74.3. The molecule has 3 nitrogen and oxygen atoms in total. The fourth-order valence-electron chi connectivity index (χ4n) is 8.94. The van der Waals surface area contributed by atoms with Crippen molar-refractivity contribution in [1.82, 2.24) is 14.1 Å². The topological polar surface area (TPSA) is 22.8 Å². The summed E-state index contributed by atoms with van der Waals surface area (Å²) < 4.78 is 4.79. The minimum atomic E-state index is -2.89. The van der Waals surface area contributed by atoms with Gasteiger partial charge >= 0.3 is 0 Å². The maximum atomic E-state index is 4.99. The normalized spacial score (nSPS) is 12.6. The molecule has 0 amide bonds. The molecule has 1 aliphatic heterocycles. The molecule has 0 atom stereocenters. The van der Waals surface area contributed by atoms with Crippen LogP contribution >= 0.6 is 11.8 Å². The predicted molar refractivity (Wildman–Crippen MR) is 234 cm³/mol. The molecule has 0 unspecified atom stereocenters. The first-order valence-corrected chi connectivity index (χ1v) is 21.8. The molecule has 0 bridgehead atoms. The number of thioether (sulfide) groups is 1. The fourth-order valence-corrected chi connectivity index (χ4v) is 14.8. The van der Waals surface area contributed by atoms with Gasteiger partial charge in [0.25, 0.3) is 0 Å². The smallest absolute Gasteiger partial charge is 0.179 e. The van der Waals surface area contributed by atoms with Gasteiger partial charge in [-0.2, -0.15) is 0 Å². The maximum Gasteiger partial charge on any atom is 0.179 e. The fraction of sp³-hybridized carbons (Fsp3) is 0.0200. The van der Waals surface area contributed by atoms with E-state index < -0.39 is 8.07 Å². The van der Waals surface area contributed by atoms with Gasteiger partial charge in [-0.25, -0.2) is 4.98 Å². The van der Waals surface area contributed by atoms with Crippen molar-refractivity contribution in [2.75, 3.05) is 0 Å². The number of imidazole rings is 1. The van der Waals surface area contributed by atoms with E-state index in [4.69, 9.17) is 4.98 Å². The van der Waals surface area contributed by atoms with E-state index in [1.54, 1.807) is 0 Å². The summed E-state index contributed by atoms with van der Waals surface area (Å²) in [6.07, 6.45) is 0. The third kappa shape index (κ3) is 5.01. The minimum Gasteiger partial charge on any atom is -0.309 e. The second-order valence-electron chi connectivity index (χ2n) is 14.3. The largest absolute Gasteiger partial charge is 0.309 e. The van der Waals surface area contributed by atoms with Crippen molar-refractivity contribution in [3.8, 4) is 22.5 Å². The van der Waals surface area contributed by atoms with Gasteiger partial charge in [-0.1, -0.05) is 169 Å². The summed E-state index contributed by atoms with van der Waals surface area (Å²) in [5, 5.41) is 9.00. The van der Waals surface area contributed by atoms with E-state index in [1.807, 2.05) is 11.8 Å². The van der Waals surface area contributed by atoms with Crippen LogP contribution in [0.1, 0.15) is 5.56 Å². The van der Waals surface area contributed by atoms with Crippen molar-refractivity contribution in [1.29, 1.82) is 0 Å². The Kier molecular flexibility index (Phi) is 7.51. The highest BCUT2D eigenvalue weighted by Crippen LogP contribution is 2.39. The Morgan fingerprint density at radius 2 is 1.00 bits per heavy atom. The molecule has 5 heteroatoms. The zero-order valence-corrected chi connectivity index (χ0v) is 31.8. The molecule has 8 aromatic carbocycles. The number of para-hydroxylation sites is 4. The second-order valence-corrected chi connectivity index (χ2v) is 19.1. The minimum absolute atomic E-state index is 0.916. The lowest BCUT2D eigenvalue weighted by molar-refractivity contribution is 0.895. The average molecular weight is 738 g/mol. The van der Waals surface area contributed by atoms with Crippen LogP contribution in [0.2, 0.25) is 0 Å². The lowest BCUT2D eigenvalue weighted by Gasteiger charge is -2.35. The Morgan fingerprint density at radius 1 is 0.436 bits per heavy atom. The summed E-state index contributed by atoms with van der Waals surface area (Å²) in [6.45, 7) is 0. The van der Waals surface area contributed by atoms with Crippen molar-refractivity contribution < 1.29 is 0 Å². The number of aromatic nitrogens is 3. The van der Waals surface area contributed by atoms with Crippen LogP contribution in [0.3, 0.4) is 0 Å². The molecule has 3 heterocycles. The molecule has 1 aliphatic rings. The van der Waals surface area contributed by atoms with E-state index in [9.17, 15) is 0 Å². The van der Waals surface area contributed by atoms with Crippen LogP contribution in [0, 0.1) is 0 Å². The molecule has 11 rings (SSSR count). The molecule has 0 saturated heterocycles. The molecular weight excluding hydrogens is 703 g/mol. The van der Waals surface area contributed by atoms with Gasteiger partial charge < -0.3 is 4.57 Å². The van der Waals surface area contributed by atoms with Crippen LogP contribution in [0.4, 0.5) is 0 Å². The number of benzene rings is 8. The lowest BCUT2D eigenvalue weighted by Crippen LogP contribution is -2.74. The molecule has 0 N–H and O–H groups in total. The molecule has 260 valence electrons. The van der Waals surface area contributed by atoms with E-state index in [1.165, 1.54) is 70.6 Å². The van der Waals surface area contributed by atoms with Crippen molar-refractivity contribution >= 4 is 73.4 Å². The van der Waals surface area contributed by atoms with Gasteiger partial charge in [-0.05, 0) is 79.9 Å². The molecule has 2 aromatic heterocycles. The van der Waals surface area contributed by atoms with Crippen LogP contribution in [0.15, 0.2) is 205 Å². The molecule has 0 aliphatic carbocycles. The highest BCUT2D eigenvalue weighted by atomic mass is 32.2. The number of fused-ring (bicyclic) bond motifs is 8. The first kappa shape index (κ1) is 32.1. The maximum absolute atomic E-state index is 4.99. The summed E-state index contributed by atoms with van der Waals surface area (Å²) in [5.74, 6) is 0.916. The van der Waals surface area contributed by atoms with Crippen LogP contribution in [-0.4, -0.2) is 22.2 Å². The summed E-state index contributed by atoms with van der Waals surface area (Å²) in [7, 11) is -2.89. The predicted octanol–water partition coefficient (Wildman–Crippen LogP) is 9.77. The van der Waals surface area contributed by atoms with Gasteiger partial charge in [0.15, 0.2) is 13.2 Å². The van der Waals surface area contributed by atoms with E-state index >= 15 is 0 Å². The zero-order valence-electron chi connectivity index (χ0n) is 30.0. The monoisotopic (exact) mass is 737 g/mol. The number of hydrogen-bond acceptors (Lipinski definition) is 2. The number of rotatable bonds is 6. The van der Waals surface area contributed by atoms with E-state index in [2.05, 4.69) is 209 Å². The Morgan fingerprint density at radius 3 is 1.71 bits per heavy atom. The van der Waals surface area contributed by atoms with Crippen molar-refractivity contribution in [3.05, 3.63) is 206 Å². The summed E-state index contributed by atoms with van der Waals surface area (Å²) in [5.41, 5.74) is 10.8. The molecule has 0 radical (unpaired) electrons. The van der Waals surface area contributed by atoms with Crippen LogP contribution in [0.5, 0.6) is 0 Å². The Hall–Kier alpha value is -6.40. The van der Waals surface area contributed by atoms with Crippen molar-refractivity contribution in [3.63, 3.8) is 0 Å². The molecule has 0 spiro atoms. The van der Waals surface area contributed by atoms with E-state index in [0.29, 0.717) is 0 Å². The molecular formula is C50H35N3SSi. The van der Waals surface area contributed by atoms with Crippen LogP contribution in [-0.2, 0) is 5.75 Å². The first-order chi connectivity index (χ1) is 27.3. The van der Waals surface area contributed by atoms with Gasteiger partial charge in [0.2, 0.25) is 0 Å². The van der Waals surface area contributed by atoms with Crippen LogP contribution < -0.4 is 20.7 Å². The van der Waals surface area contributed by atoms with Gasteiger partial charge in [-0.15, -0.1) is 0 Å². The van der Waals surface area contributed by atoms with E-state index in [0.717, 1.165) is 21.9 Å². The first-order valence-electron chi connectivity index (χ1n) is 18.8. The van der Waals surface area contributed by atoms with Gasteiger partial charge in [0.05, 0.1) is 27.8 Å². The number of hydrogen-bond donors (Lipinski definition) is 0. The van der Waals surface area contributed by atoms with Gasteiger partial charge in [-0.3, -0.25) is 4.57 Å². The quantitative estimate of drug-likeness (QED) is 0.125. The lowest BCUT2D eigenvalue weighted by atomic mass is 10.0. The summed E-state index contributed by atoms with van der Waals surface area (Å²) >= 11 is 1.81. The van der Waals surface area contributed by atoms with Gasteiger partial charge in [0, 0.05) is 22.2 Å². The van der Waals surface area contributed by atoms with Gasteiger partial charge in [0.1, 0.15) is 0 Å². The van der Waals surface area contributed by atoms with Crippen LogP contribution in [0.25, 0.3) is 55.3 Å². The summed E-state index contributed by atoms with van der Waals surface area (Å²) in [4.78, 5) is 4.99. The molecule has 0 saturated carbocycles. The van der Waals surface area contributed by atoms with E-state index in [-0.39, 0.29) is 0 Å². The molecule has 55 heavy (non-hydrogen) atoms. The molecule has 10 aromatic rings. The van der Waals surface area contributed by atoms with Crippen molar-refractivity contribution in [2.45, 2.75) is 10.9 Å². The zero-order chi connectivity index (χ0) is 36.3. The third-order valence-electron chi connectivity index (χ3n) is 11.4. The van der Waals surface area contributed by atoms with Crippen molar-refractivity contribution in [2.24, 2.45) is 0 Å². The highest BCUT2D eigenvalue weighted by molar-refractivity contribution is 7.98. The Balaban J connectivity index is 1.15. The average Bonchev–Trinajstić information content (AvgIpc) is 3.81. The number of nitrogens with zero attached hydrogens (tertiary/aromatic N) is 3. The SMILES string of the molecule is c1ccc([Si](c2ccccc2)(c2cccc(-c3ccc4c(c3)-n3c(nc5ccccc53)SC4)c2)c2cccc(-n3c4ccccc4c4ccccc43)c2)cc1.